The number of benzene rings is 2. The van der Waals surface area contributed by atoms with E-state index in [0.717, 1.165) is 57.8 Å². The summed E-state index contributed by atoms with van der Waals surface area (Å²) < 4.78 is 0. The number of aliphatic hydroxyl groups excluding tert-OH is 1. The van der Waals surface area contributed by atoms with E-state index in [1.807, 2.05) is 12.1 Å². The molecule has 40 heavy (non-hydrogen) atoms. The van der Waals surface area contributed by atoms with Crippen LogP contribution in [0.5, 0.6) is 0 Å². The van der Waals surface area contributed by atoms with Crippen molar-refractivity contribution in [2.75, 3.05) is 6.54 Å². The Balaban J connectivity index is 1.61. The van der Waals surface area contributed by atoms with E-state index in [2.05, 4.69) is 60.7 Å². The van der Waals surface area contributed by atoms with Crippen molar-refractivity contribution in [3.05, 3.63) is 83.9 Å². The average Bonchev–Trinajstić information content (AvgIpc) is 2.97. The molecule has 0 saturated heterocycles. The third-order valence-corrected chi connectivity index (χ3v) is 9.04. The molecular formula is C36H53NO3. The lowest BCUT2D eigenvalue weighted by atomic mass is 9.78. The lowest BCUT2D eigenvalue weighted by molar-refractivity contribution is -0.138. The maximum absolute atomic E-state index is 11.8. The largest absolute Gasteiger partial charge is 0.481 e. The Morgan fingerprint density at radius 2 is 1.45 bits per heavy atom. The molecule has 2 aromatic rings. The van der Waals surface area contributed by atoms with Gasteiger partial charge in [-0.1, -0.05) is 105 Å². The Bertz CT molecular complexity index is 955. The summed E-state index contributed by atoms with van der Waals surface area (Å²) in [5, 5.41) is 20.4. The van der Waals surface area contributed by atoms with E-state index in [9.17, 15) is 15.0 Å². The van der Waals surface area contributed by atoms with Crippen LogP contribution in [0.3, 0.4) is 0 Å². The first-order chi connectivity index (χ1) is 19.5. The van der Waals surface area contributed by atoms with Crippen molar-refractivity contribution < 1.29 is 15.0 Å². The molecule has 4 heteroatoms. The quantitative estimate of drug-likeness (QED) is 0.156. The summed E-state index contributed by atoms with van der Waals surface area (Å²) in [4.78, 5) is 11.8. The molecule has 0 aliphatic heterocycles. The highest BCUT2D eigenvalue weighted by molar-refractivity contribution is 5.67. The molecule has 4 nitrogen and oxygen atoms in total. The lowest BCUT2D eigenvalue weighted by Crippen LogP contribution is -2.23. The van der Waals surface area contributed by atoms with Crippen molar-refractivity contribution in [1.29, 1.82) is 0 Å². The van der Waals surface area contributed by atoms with Gasteiger partial charge < -0.3 is 15.9 Å². The van der Waals surface area contributed by atoms with Crippen LogP contribution in [0.1, 0.15) is 94.6 Å². The van der Waals surface area contributed by atoms with Crippen LogP contribution in [0.15, 0.2) is 72.8 Å². The molecule has 0 unspecified atom stereocenters. The number of hydrogen-bond donors (Lipinski definition) is 3. The fourth-order valence-electron chi connectivity index (χ4n) is 6.67. The minimum absolute atomic E-state index is 0.129. The van der Waals surface area contributed by atoms with E-state index in [0.29, 0.717) is 24.3 Å². The summed E-state index contributed by atoms with van der Waals surface area (Å²) in [5.41, 5.74) is 8.68. The van der Waals surface area contributed by atoms with Crippen LogP contribution in [0.4, 0.5) is 0 Å². The number of aliphatic hydroxyl groups is 1. The first-order valence-corrected chi connectivity index (χ1v) is 15.9. The minimum atomic E-state index is -0.712. The van der Waals surface area contributed by atoms with E-state index < -0.39 is 5.97 Å². The molecule has 0 spiro atoms. The second-order valence-electron chi connectivity index (χ2n) is 12.2. The van der Waals surface area contributed by atoms with Crippen molar-refractivity contribution in [2.24, 2.45) is 29.4 Å². The third-order valence-electron chi connectivity index (χ3n) is 9.04. The molecule has 0 bridgehead atoms. The van der Waals surface area contributed by atoms with Gasteiger partial charge >= 0.3 is 5.97 Å². The van der Waals surface area contributed by atoms with Crippen molar-refractivity contribution in [3.8, 4) is 0 Å². The number of carboxylic acid groups (broad SMARTS) is 1. The molecule has 0 aromatic heterocycles. The SMILES string of the molecule is NCC[C@H](CC[C@@H](CC=C[C@H](O)CC1CCCCC1)CCc1ccccc1)[C@H](CCc1ccccc1)CC(=O)O. The van der Waals surface area contributed by atoms with Gasteiger partial charge in [0.1, 0.15) is 0 Å². The molecule has 1 aliphatic carbocycles. The Labute approximate surface area is 243 Å². The van der Waals surface area contributed by atoms with Gasteiger partial charge in [0, 0.05) is 6.42 Å². The number of rotatable bonds is 19. The molecule has 220 valence electrons. The summed E-state index contributed by atoms with van der Waals surface area (Å²) in [5.74, 6) is 0.893. The molecule has 2 aromatic carbocycles. The van der Waals surface area contributed by atoms with Gasteiger partial charge in [-0.15, -0.1) is 0 Å². The molecule has 3 rings (SSSR count). The molecule has 0 amide bonds. The molecule has 4 N–H and O–H groups in total. The van der Waals surface area contributed by atoms with Crippen LogP contribution < -0.4 is 5.73 Å². The average molecular weight is 548 g/mol. The topological polar surface area (TPSA) is 83.5 Å². The van der Waals surface area contributed by atoms with Gasteiger partial charge in [-0.25, -0.2) is 0 Å². The molecule has 1 aliphatic rings. The molecule has 1 saturated carbocycles. The molecule has 4 atom stereocenters. The fourth-order valence-corrected chi connectivity index (χ4v) is 6.67. The van der Waals surface area contributed by atoms with Crippen LogP contribution in [0.2, 0.25) is 0 Å². The third kappa shape index (κ3) is 12.8. The maximum Gasteiger partial charge on any atom is 0.303 e. The highest BCUT2D eigenvalue weighted by Gasteiger charge is 2.25. The maximum atomic E-state index is 11.8. The monoisotopic (exact) mass is 547 g/mol. The van der Waals surface area contributed by atoms with Gasteiger partial charge in [0.2, 0.25) is 0 Å². The highest BCUT2D eigenvalue weighted by atomic mass is 16.4. The standard InChI is InChI=1S/C36H53NO3/c37-26-25-33(34(28-36(39)40)24-22-30-13-6-2-7-14-30)23-21-31(20-19-29-11-4-1-5-12-29)17-10-18-35(38)27-32-15-8-3-9-16-32/h1-2,4-7,10-14,18,31-35,38H,3,8-9,15-17,19-28,37H2,(H,39,40)/t31-,33-,34+,35-/m0/s1. The lowest BCUT2D eigenvalue weighted by Gasteiger charge is -2.28. The van der Waals surface area contributed by atoms with Gasteiger partial charge in [0.25, 0.3) is 0 Å². The van der Waals surface area contributed by atoms with E-state index in [-0.39, 0.29) is 18.4 Å². The van der Waals surface area contributed by atoms with Crippen LogP contribution in [0.25, 0.3) is 0 Å². The van der Waals surface area contributed by atoms with Gasteiger partial charge in [0.05, 0.1) is 6.10 Å². The van der Waals surface area contributed by atoms with E-state index in [4.69, 9.17) is 5.73 Å². The number of carbonyl (C=O) groups is 1. The summed E-state index contributed by atoms with van der Waals surface area (Å²) in [6.07, 6.45) is 19.3. The Morgan fingerprint density at radius 1 is 0.825 bits per heavy atom. The van der Waals surface area contributed by atoms with Crippen molar-refractivity contribution in [3.63, 3.8) is 0 Å². The minimum Gasteiger partial charge on any atom is -0.481 e. The predicted octanol–water partition coefficient (Wildman–Crippen LogP) is 7.98. The summed E-state index contributed by atoms with van der Waals surface area (Å²) in [6, 6.07) is 21.1. The highest BCUT2D eigenvalue weighted by Crippen LogP contribution is 2.32. The number of carboxylic acids is 1. The second kappa shape index (κ2) is 18.8. The van der Waals surface area contributed by atoms with E-state index >= 15 is 0 Å². The predicted molar refractivity (Wildman–Crippen MR) is 166 cm³/mol. The Morgan fingerprint density at radius 3 is 2.05 bits per heavy atom. The van der Waals surface area contributed by atoms with E-state index in [1.54, 1.807) is 0 Å². The fraction of sp³-hybridized carbons (Fsp3) is 0.583. The zero-order valence-electron chi connectivity index (χ0n) is 24.5. The van der Waals surface area contributed by atoms with Crippen LogP contribution in [0, 0.1) is 23.7 Å². The molecule has 1 fully saturated rings. The van der Waals surface area contributed by atoms with Gasteiger partial charge in [-0.2, -0.15) is 0 Å². The summed E-state index contributed by atoms with van der Waals surface area (Å²) >= 11 is 0. The summed E-state index contributed by atoms with van der Waals surface area (Å²) in [7, 11) is 0. The zero-order chi connectivity index (χ0) is 28.4. The van der Waals surface area contributed by atoms with Crippen molar-refractivity contribution in [2.45, 2.75) is 102 Å². The second-order valence-corrected chi connectivity index (χ2v) is 12.2. The molecule has 0 heterocycles. The number of aliphatic carboxylic acids is 1. The van der Waals surface area contributed by atoms with Crippen LogP contribution in [-0.2, 0) is 17.6 Å². The number of hydrogen-bond acceptors (Lipinski definition) is 3. The van der Waals surface area contributed by atoms with Gasteiger partial charge in [-0.05, 0) is 99.1 Å². The van der Waals surface area contributed by atoms with Crippen LogP contribution in [-0.4, -0.2) is 28.8 Å². The number of aryl methyl sites for hydroxylation is 2. The number of nitrogens with two attached hydrogens (primary N) is 1. The van der Waals surface area contributed by atoms with E-state index in [1.165, 1.54) is 43.2 Å². The Hall–Kier alpha value is -2.43. The van der Waals surface area contributed by atoms with Crippen LogP contribution >= 0.6 is 0 Å². The first-order valence-electron chi connectivity index (χ1n) is 15.9. The zero-order valence-corrected chi connectivity index (χ0v) is 24.5. The first kappa shape index (κ1) is 32.1. The molecular weight excluding hydrogens is 494 g/mol. The molecule has 0 radical (unpaired) electrons. The normalized spacial score (nSPS) is 17.4. The smallest absolute Gasteiger partial charge is 0.303 e. The van der Waals surface area contributed by atoms with Crippen molar-refractivity contribution >= 4 is 5.97 Å². The van der Waals surface area contributed by atoms with Crippen molar-refractivity contribution in [1.82, 2.24) is 0 Å². The van der Waals surface area contributed by atoms with Gasteiger partial charge in [0.15, 0.2) is 0 Å². The Kier molecular flexibility index (Phi) is 15.1. The number of allylic oxidation sites excluding steroid dienone is 1. The van der Waals surface area contributed by atoms with Gasteiger partial charge in [-0.3, -0.25) is 4.79 Å². The summed E-state index contributed by atoms with van der Waals surface area (Å²) in [6.45, 7) is 0.591.